The molecule has 0 amide bonds. The van der Waals surface area contributed by atoms with Gasteiger partial charge in [0.15, 0.2) is 9.84 Å². The molecular formula is C11H19NO2S. The fourth-order valence-electron chi connectivity index (χ4n) is 2.15. The Kier molecular flexibility index (Phi) is 4.62. The lowest BCUT2D eigenvalue weighted by Gasteiger charge is -2.19. The third-order valence-electron chi connectivity index (χ3n) is 2.91. The van der Waals surface area contributed by atoms with E-state index in [4.69, 9.17) is 6.42 Å². The van der Waals surface area contributed by atoms with Gasteiger partial charge in [-0.25, -0.2) is 8.42 Å². The van der Waals surface area contributed by atoms with E-state index in [0.29, 0.717) is 0 Å². The van der Waals surface area contributed by atoms with Crippen molar-refractivity contribution in [3.8, 4) is 12.3 Å². The molecule has 0 bridgehead atoms. The third-order valence-corrected chi connectivity index (χ3v) is 4.57. The van der Waals surface area contributed by atoms with Crippen LogP contribution in [0.4, 0.5) is 0 Å². The van der Waals surface area contributed by atoms with Crippen molar-refractivity contribution in [1.82, 2.24) is 5.32 Å². The zero-order chi connectivity index (χ0) is 11.3. The highest BCUT2D eigenvalue weighted by Crippen LogP contribution is 2.24. The summed E-state index contributed by atoms with van der Waals surface area (Å²) >= 11 is 0. The van der Waals surface area contributed by atoms with Crippen LogP contribution in [-0.4, -0.2) is 32.5 Å². The van der Waals surface area contributed by atoms with Gasteiger partial charge >= 0.3 is 0 Å². The fraction of sp³-hybridized carbons (Fsp3) is 0.818. The highest BCUT2D eigenvalue weighted by atomic mass is 32.2. The van der Waals surface area contributed by atoms with Crippen molar-refractivity contribution in [1.29, 1.82) is 0 Å². The second-order valence-corrected chi connectivity index (χ2v) is 6.43. The van der Waals surface area contributed by atoms with Crippen LogP contribution in [0.15, 0.2) is 0 Å². The minimum atomic E-state index is -2.90. The van der Waals surface area contributed by atoms with Crippen LogP contribution in [0.3, 0.4) is 0 Å². The average molecular weight is 229 g/mol. The van der Waals surface area contributed by atoms with Gasteiger partial charge in [0.1, 0.15) is 0 Å². The van der Waals surface area contributed by atoms with E-state index in [9.17, 15) is 8.42 Å². The zero-order valence-electron chi connectivity index (χ0n) is 9.20. The van der Waals surface area contributed by atoms with Crippen LogP contribution >= 0.6 is 0 Å². The smallest absolute Gasteiger partial charge is 0.151 e. The molecule has 1 aliphatic carbocycles. The normalized spacial score (nSPS) is 26.4. The quantitative estimate of drug-likeness (QED) is 0.564. The number of rotatable bonds is 5. The van der Waals surface area contributed by atoms with Crippen molar-refractivity contribution < 1.29 is 8.42 Å². The molecule has 1 saturated carbocycles. The minimum absolute atomic E-state index is 0.137. The number of nitrogens with one attached hydrogen (secondary N) is 1. The van der Waals surface area contributed by atoms with Crippen LogP contribution in [0.25, 0.3) is 0 Å². The van der Waals surface area contributed by atoms with E-state index in [-0.39, 0.29) is 11.3 Å². The SMILES string of the molecule is C#CCCCNC1CCCC1S(C)(=O)=O. The summed E-state index contributed by atoms with van der Waals surface area (Å²) < 4.78 is 22.9. The van der Waals surface area contributed by atoms with Crippen LogP contribution in [0.2, 0.25) is 0 Å². The van der Waals surface area contributed by atoms with Gasteiger partial charge in [-0.15, -0.1) is 12.3 Å². The number of hydrogen-bond acceptors (Lipinski definition) is 3. The first-order chi connectivity index (χ1) is 7.05. The van der Waals surface area contributed by atoms with Crippen molar-refractivity contribution in [2.75, 3.05) is 12.8 Å². The molecule has 2 unspecified atom stereocenters. The summed E-state index contributed by atoms with van der Waals surface area (Å²) in [5.74, 6) is 2.58. The Morgan fingerprint density at radius 1 is 1.47 bits per heavy atom. The molecule has 4 heteroatoms. The maximum Gasteiger partial charge on any atom is 0.151 e. The van der Waals surface area contributed by atoms with Gasteiger partial charge < -0.3 is 5.32 Å². The summed E-state index contributed by atoms with van der Waals surface area (Å²) in [5.41, 5.74) is 0. The molecule has 1 rings (SSSR count). The molecule has 1 fully saturated rings. The maximum absolute atomic E-state index is 11.5. The van der Waals surface area contributed by atoms with E-state index < -0.39 is 9.84 Å². The predicted molar refractivity (Wildman–Crippen MR) is 62.3 cm³/mol. The van der Waals surface area contributed by atoms with Crippen LogP contribution in [0, 0.1) is 12.3 Å². The Balaban J connectivity index is 2.38. The molecule has 1 N–H and O–H groups in total. The van der Waals surface area contributed by atoms with Crippen molar-refractivity contribution >= 4 is 9.84 Å². The van der Waals surface area contributed by atoms with Gasteiger partial charge in [-0.05, 0) is 25.8 Å². The van der Waals surface area contributed by atoms with Gasteiger partial charge in [-0.1, -0.05) is 6.42 Å². The Labute approximate surface area is 92.6 Å². The molecule has 3 nitrogen and oxygen atoms in total. The van der Waals surface area contributed by atoms with E-state index in [0.717, 1.165) is 38.6 Å². The van der Waals surface area contributed by atoms with Crippen LogP contribution in [0.1, 0.15) is 32.1 Å². The van der Waals surface area contributed by atoms with Gasteiger partial charge in [-0.3, -0.25) is 0 Å². The molecule has 0 spiro atoms. The topological polar surface area (TPSA) is 46.2 Å². The number of terminal acetylenes is 1. The summed E-state index contributed by atoms with van der Waals surface area (Å²) in [6, 6.07) is 0.137. The summed E-state index contributed by atoms with van der Waals surface area (Å²) in [7, 11) is -2.90. The third kappa shape index (κ3) is 3.84. The Bertz CT molecular complexity index is 329. The van der Waals surface area contributed by atoms with Gasteiger partial charge in [0, 0.05) is 18.7 Å². The van der Waals surface area contributed by atoms with Gasteiger partial charge in [0.05, 0.1) is 5.25 Å². The summed E-state index contributed by atoms with van der Waals surface area (Å²) in [6.45, 7) is 0.820. The second kappa shape index (κ2) is 5.53. The summed E-state index contributed by atoms with van der Waals surface area (Å²) in [5, 5.41) is 3.11. The van der Waals surface area contributed by atoms with Gasteiger partial charge in [0.25, 0.3) is 0 Å². The molecule has 0 aromatic heterocycles. The van der Waals surface area contributed by atoms with Crippen molar-refractivity contribution in [3.63, 3.8) is 0 Å². The van der Waals surface area contributed by atoms with Gasteiger partial charge in [0.2, 0.25) is 0 Å². The highest BCUT2D eigenvalue weighted by molar-refractivity contribution is 7.91. The predicted octanol–water partition coefficient (Wildman–Crippen LogP) is 0.955. The van der Waals surface area contributed by atoms with E-state index >= 15 is 0 Å². The number of sulfone groups is 1. The lowest BCUT2D eigenvalue weighted by Crippen LogP contribution is -2.40. The molecule has 2 atom stereocenters. The molecule has 0 aromatic carbocycles. The Morgan fingerprint density at radius 2 is 2.20 bits per heavy atom. The van der Waals surface area contributed by atoms with Crippen LogP contribution < -0.4 is 5.32 Å². The standard InChI is InChI=1S/C11H19NO2S/c1-3-4-5-9-12-10-7-6-8-11(10)15(2,13)14/h1,10-12H,4-9H2,2H3. The number of hydrogen-bond donors (Lipinski definition) is 1. The second-order valence-electron chi connectivity index (χ2n) is 4.17. The molecular weight excluding hydrogens is 210 g/mol. The van der Waals surface area contributed by atoms with Crippen LogP contribution in [-0.2, 0) is 9.84 Å². The van der Waals surface area contributed by atoms with Crippen molar-refractivity contribution in [2.24, 2.45) is 0 Å². The monoisotopic (exact) mass is 229 g/mol. The molecule has 0 saturated heterocycles. The molecule has 0 heterocycles. The average Bonchev–Trinajstić information content (AvgIpc) is 2.59. The van der Waals surface area contributed by atoms with E-state index in [1.54, 1.807) is 0 Å². The van der Waals surface area contributed by atoms with E-state index in [1.807, 2.05) is 0 Å². The van der Waals surface area contributed by atoms with Crippen molar-refractivity contribution in [3.05, 3.63) is 0 Å². The number of unbranched alkanes of at least 4 members (excludes halogenated alkanes) is 1. The fourth-order valence-corrected chi connectivity index (χ4v) is 3.57. The molecule has 0 aromatic rings. The lowest BCUT2D eigenvalue weighted by atomic mass is 10.2. The lowest BCUT2D eigenvalue weighted by molar-refractivity contribution is 0.503. The molecule has 86 valence electrons. The molecule has 0 radical (unpaired) electrons. The molecule has 15 heavy (non-hydrogen) atoms. The Morgan fingerprint density at radius 3 is 2.80 bits per heavy atom. The molecule has 0 aliphatic heterocycles. The van der Waals surface area contributed by atoms with Crippen LogP contribution in [0.5, 0.6) is 0 Å². The van der Waals surface area contributed by atoms with Crippen molar-refractivity contribution in [2.45, 2.75) is 43.4 Å². The zero-order valence-corrected chi connectivity index (χ0v) is 10.0. The summed E-state index contributed by atoms with van der Waals surface area (Å²) in [4.78, 5) is 0. The first kappa shape index (κ1) is 12.5. The van der Waals surface area contributed by atoms with Gasteiger partial charge in [-0.2, -0.15) is 0 Å². The summed E-state index contributed by atoms with van der Waals surface area (Å²) in [6.07, 6.45) is 10.9. The van der Waals surface area contributed by atoms with E-state index in [1.165, 1.54) is 6.26 Å². The minimum Gasteiger partial charge on any atom is -0.313 e. The maximum atomic E-state index is 11.5. The Hall–Kier alpha value is -0.530. The van der Waals surface area contributed by atoms with E-state index in [2.05, 4.69) is 11.2 Å². The first-order valence-electron chi connectivity index (χ1n) is 5.41. The first-order valence-corrected chi connectivity index (χ1v) is 7.37. The largest absolute Gasteiger partial charge is 0.313 e. The molecule has 1 aliphatic rings. The highest BCUT2D eigenvalue weighted by Gasteiger charge is 2.33.